The van der Waals surface area contributed by atoms with Gasteiger partial charge >= 0.3 is 0 Å². The fourth-order valence-corrected chi connectivity index (χ4v) is 8.92. The van der Waals surface area contributed by atoms with Gasteiger partial charge in [0, 0.05) is 43.4 Å². The lowest BCUT2D eigenvalue weighted by Gasteiger charge is -2.19. The SMILES string of the molecule is [C-]#[N+]c1ccc(-n2c3ccccc3c3ccc4c5ccccc5oc4c32)c(-c2nc(-c3ccccc3)nc(-n3c4ccc(C(C)(C)C)cc4c4cc(C(C)(C)C)ccc43)n2)c1. The summed E-state index contributed by atoms with van der Waals surface area (Å²) in [6.07, 6.45) is 0. The molecular weight excluding hydrogens is 749 g/mol. The minimum atomic E-state index is -0.0455. The zero-order chi connectivity index (χ0) is 41.8. The lowest BCUT2D eigenvalue weighted by molar-refractivity contribution is 0.590. The third-order valence-corrected chi connectivity index (χ3v) is 12.1. The van der Waals surface area contributed by atoms with Crippen molar-refractivity contribution in [2.45, 2.75) is 52.4 Å². The molecule has 0 N–H and O–H groups in total. The quantitative estimate of drug-likeness (QED) is 0.167. The van der Waals surface area contributed by atoms with Crippen molar-refractivity contribution in [3.8, 4) is 34.4 Å². The summed E-state index contributed by atoms with van der Waals surface area (Å²) in [5, 5.41) is 6.55. The topological polar surface area (TPSA) is 66.0 Å². The Bertz CT molecular complexity index is 3550. The molecule has 0 amide bonds. The average Bonchev–Trinajstić information content (AvgIpc) is 3.93. The Morgan fingerprint density at radius 1 is 0.508 bits per heavy atom. The van der Waals surface area contributed by atoms with E-state index in [2.05, 4.69) is 134 Å². The van der Waals surface area contributed by atoms with E-state index in [1.807, 2.05) is 66.7 Å². The summed E-state index contributed by atoms with van der Waals surface area (Å²) in [5.74, 6) is 1.49. The van der Waals surface area contributed by atoms with Crippen LogP contribution in [0.1, 0.15) is 52.7 Å². The smallest absolute Gasteiger partial charge is 0.238 e. The van der Waals surface area contributed by atoms with Crippen LogP contribution in [-0.4, -0.2) is 24.1 Å². The third kappa shape index (κ3) is 5.74. The number of benzene rings is 7. The normalized spacial score (nSPS) is 12.4. The van der Waals surface area contributed by atoms with Gasteiger partial charge in [0.2, 0.25) is 5.95 Å². The molecule has 0 unspecified atom stereocenters. The standard InChI is InChI=1S/C54H42N6O/c1-53(2,3)33-21-26-44-40(29-33)41-30-34(54(4,5)6)22-27-45(41)60(44)52-57-50(32-15-9-8-10-16-32)56-51(58-52)42-31-35(55-7)23-28-46(42)59-43-19-13-11-17-36(43)38-24-25-39-37-18-12-14-20-47(37)61-49(39)48(38)59/h8-31H,1-6H3. The Morgan fingerprint density at radius 2 is 1.11 bits per heavy atom. The maximum absolute atomic E-state index is 8.16. The van der Waals surface area contributed by atoms with Crippen LogP contribution in [0.3, 0.4) is 0 Å². The minimum absolute atomic E-state index is 0.0455. The van der Waals surface area contributed by atoms with Crippen molar-refractivity contribution in [1.82, 2.24) is 24.1 Å². The first kappa shape index (κ1) is 36.5. The van der Waals surface area contributed by atoms with Crippen LogP contribution in [0.2, 0.25) is 0 Å². The highest BCUT2D eigenvalue weighted by Crippen LogP contribution is 2.43. The van der Waals surface area contributed by atoms with Crippen LogP contribution in [0.5, 0.6) is 0 Å². The molecule has 4 aromatic heterocycles. The molecule has 0 saturated carbocycles. The van der Waals surface area contributed by atoms with E-state index in [9.17, 15) is 0 Å². The molecule has 0 aliphatic carbocycles. The van der Waals surface area contributed by atoms with Gasteiger partial charge in [0.1, 0.15) is 5.58 Å². The van der Waals surface area contributed by atoms with E-state index in [4.69, 9.17) is 25.9 Å². The predicted molar refractivity (Wildman–Crippen MR) is 250 cm³/mol. The lowest BCUT2D eigenvalue weighted by atomic mass is 9.85. The van der Waals surface area contributed by atoms with E-state index in [1.54, 1.807) is 0 Å². The number of furan rings is 1. The number of hydrogen-bond acceptors (Lipinski definition) is 4. The molecule has 0 saturated heterocycles. The van der Waals surface area contributed by atoms with E-state index in [-0.39, 0.29) is 10.8 Å². The van der Waals surface area contributed by atoms with E-state index in [0.29, 0.717) is 28.8 Å². The molecule has 0 atom stereocenters. The van der Waals surface area contributed by atoms with Gasteiger partial charge in [-0.05, 0) is 76.6 Å². The maximum Gasteiger partial charge on any atom is 0.238 e. The van der Waals surface area contributed by atoms with E-state index < -0.39 is 0 Å². The summed E-state index contributed by atoms with van der Waals surface area (Å²) in [6, 6.07) is 50.4. The summed E-state index contributed by atoms with van der Waals surface area (Å²) in [5.41, 5.74) is 10.9. The summed E-state index contributed by atoms with van der Waals surface area (Å²) in [7, 11) is 0. The summed E-state index contributed by atoms with van der Waals surface area (Å²) < 4.78 is 11.2. The monoisotopic (exact) mass is 790 g/mol. The molecule has 7 aromatic carbocycles. The number of para-hydroxylation sites is 2. The number of fused-ring (bicyclic) bond motifs is 10. The maximum atomic E-state index is 8.16. The molecule has 11 aromatic rings. The van der Waals surface area contributed by atoms with Crippen molar-refractivity contribution in [1.29, 1.82) is 0 Å². The molecular formula is C54H42N6O. The Morgan fingerprint density at radius 3 is 1.80 bits per heavy atom. The molecule has 11 rings (SSSR count). The highest BCUT2D eigenvalue weighted by Gasteiger charge is 2.26. The van der Waals surface area contributed by atoms with Crippen molar-refractivity contribution in [2.24, 2.45) is 0 Å². The van der Waals surface area contributed by atoms with Gasteiger partial charge in [-0.15, -0.1) is 0 Å². The largest absolute Gasteiger partial charge is 0.454 e. The van der Waals surface area contributed by atoms with Crippen LogP contribution in [0.15, 0.2) is 150 Å². The average molecular weight is 791 g/mol. The number of nitrogens with zero attached hydrogens (tertiary/aromatic N) is 6. The Labute approximate surface area is 353 Å². The van der Waals surface area contributed by atoms with Crippen molar-refractivity contribution in [2.75, 3.05) is 0 Å². The van der Waals surface area contributed by atoms with Crippen LogP contribution in [-0.2, 0) is 10.8 Å². The molecule has 294 valence electrons. The van der Waals surface area contributed by atoms with Crippen molar-refractivity contribution >= 4 is 71.2 Å². The second-order valence-electron chi connectivity index (χ2n) is 18.1. The molecule has 4 heterocycles. The fraction of sp³-hybridized carbons (Fsp3) is 0.148. The molecule has 0 spiro atoms. The van der Waals surface area contributed by atoms with Crippen LogP contribution >= 0.6 is 0 Å². The Kier molecular flexibility index (Phi) is 7.92. The lowest BCUT2D eigenvalue weighted by Crippen LogP contribution is -2.11. The van der Waals surface area contributed by atoms with Gasteiger partial charge in [-0.25, -0.2) is 9.83 Å². The molecule has 61 heavy (non-hydrogen) atoms. The highest BCUT2D eigenvalue weighted by molar-refractivity contribution is 6.21. The van der Waals surface area contributed by atoms with Crippen molar-refractivity contribution < 1.29 is 4.42 Å². The fourth-order valence-electron chi connectivity index (χ4n) is 8.92. The molecule has 7 nitrogen and oxygen atoms in total. The third-order valence-electron chi connectivity index (χ3n) is 12.1. The Balaban J connectivity index is 1.24. The van der Waals surface area contributed by atoms with Gasteiger partial charge in [-0.3, -0.25) is 4.57 Å². The molecule has 0 radical (unpaired) electrons. The number of aromatic nitrogens is 5. The molecule has 0 fully saturated rings. The van der Waals surface area contributed by atoms with Crippen LogP contribution < -0.4 is 0 Å². The Hall–Kier alpha value is -7.56. The van der Waals surface area contributed by atoms with Gasteiger partial charge < -0.3 is 8.98 Å². The molecule has 0 aliphatic rings. The predicted octanol–water partition coefficient (Wildman–Crippen LogP) is 14.4. The van der Waals surface area contributed by atoms with Crippen LogP contribution in [0, 0.1) is 6.57 Å². The summed E-state index contributed by atoms with van der Waals surface area (Å²) in [6.45, 7) is 21.7. The van der Waals surface area contributed by atoms with Crippen LogP contribution in [0.25, 0.3) is 105 Å². The van der Waals surface area contributed by atoms with Crippen LogP contribution in [0.4, 0.5) is 5.69 Å². The zero-order valence-corrected chi connectivity index (χ0v) is 34.9. The van der Waals surface area contributed by atoms with Crippen molar-refractivity contribution in [3.63, 3.8) is 0 Å². The first-order valence-electron chi connectivity index (χ1n) is 20.7. The van der Waals surface area contributed by atoms with Gasteiger partial charge in [0.25, 0.3) is 0 Å². The van der Waals surface area contributed by atoms with Gasteiger partial charge in [-0.1, -0.05) is 133 Å². The number of rotatable bonds is 4. The van der Waals surface area contributed by atoms with E-state index >= 15 is 0 Å². The van der Waals surface area contributed by atoms with Crippen molar-refractivity contribution in [3.05, 3.63) is 168 Å². The second kappa shape index (κ2) is 13.2. The molecule has 0 bridgehead atoms. The zero-order valence-electron chi connectivity index (χ0n) is 34.9. The van der Waals surface area contributed by atoms with Gasteiger partial charge in [-0.2, -0.15) is 9.97 Å². The summed E-state index contributed by atoms with van der Waals surface area (Å²) >= 11 is 0. The minimum Gasteiger partial charge on any atom is -0.454 e. The second-order valence-corrected chi connectivity index (χ2v) is 18.1. The molecule has 0 aliphatic heterocycles. The van der Waals surface area contributed by atoms with Gasteiger partial charge in [0.05, 0.1) is 34.3 Å². The highest BCUT2D eigenvalue weighted by atomic mass is 16.3. The number of hydrogen-bond donors (Lipinski definition) is 0. The van der Waals surface area contributed by atoms with Gasteiger partial charge in [0.15, 0.2) is 22.9 Å². The first-order chi connectivity index (χ1) is 29.5. The summed E-state index contributed by atoms with van der Waals surface area (Å²) in [4.78, 5) is 19.9. The first-order valence-corrected chi connectivity index (χ1v) is 20.7. The van der Waals surface area contributed by atoms with E-state index in [1.165, 1.54) is 11.1 Å². The van der Waals surface area contributed by atoms with E-state index in [0.717, 1.165) is 76.8 Å². The molecule has 7 heteroatoms.